The van der Waals surface area contributed by atoms with Gasteiger partial charge in [-0.25, -0.2) is 0 Å². The van der Waals surface area contributed by atoms with Gasteiger partial charge in [-0.2, -0.15) is 0 Å². The number of fused-ring (bicyclic) bond motifs is 2. The summed E-state index contributed by atoms with van der Waals surface area (Å²) in [5.41, 5.74) is 0.813. The molecule has 1 spiro atoms. The summed E-state index contributed by atoms with van der Waals surface area (Å²) >= 11 is 0. The molecule has 18 heavy (non-hydrogen) atoms. The summed E-state index contributed by atoms with van der Waals surface area (Å²) < 4.78 is 0. The third-order valence-corrected chi connectivity index (χ3v) is 6.01. The largest absolute Gasteiger partial charge is 0.364 e. The van der Waals surface area contributed by atoms with E-state index in [1.807, 2.05) is 13.8 Å². The molecule has 3 heteroatoms. The highest BCUT2D eigenvalue weighted by molar-refractivity contribution is 5.34. The Balaban J connectivity index is 2.12. The van der Waals surface area contributed by atoms with Gasteiger partial charge in [0, 0.05) is 18.5 Å². The zero-order chi connectivity index (χ0) is 13.3. The van der Waals surface area contributed by atoms with Crippen LogP contribution in [-0.4, -0.2) is 39.0 Å². The van der Waals surface area contributed by atoms with Gasteiger partial charge in [0.05, 0.1) is 5.54 Å². The van der Waals surface area contributed by atoms with Crippen LogP contribution in [-0.2, 0) is 0 Å². The molecule has 3 rings (SSSR count). The van der Waals surface area contributed by atoms with Crippen molar-refractivity contribution < 1.29 is 10.2 Å². The summed E-state index contributed by atoms with van der Waals surface area (Å²) in [5, 5.41) is 21.7. The molecule has 0 bridgehead atoms. The molecule has 0 aromatic heterocycles. The molecule has 2 N–H and O–H groups in total. The van der Waals surface area contributed by atoms with Crippen LogP contribution in [0.1, 0.15) is 46.5 Å². The molecule has 0 aromatic rings. The maximum absolute atomic E-state index is 10.8. The van der Waals surface area contributed by atoms with Gasteiger partial charge in [0.1, 0.15) is 0 Å². The Kier molecular flexibility index (Phi) is 2.38. The smallest absolute Gasteiger partial charge is 0.184 e. The Morgan fingerprint density at radius 3 is 2.44 bits per heavy atom. The van der Waals surface area contributed by atoms with Crippen LogP contribution >= 0.6 is 0 Å². The molecular formula is C15H25NO2. The van der Waals surface area contributed by atoms with Gasteiger partial charge in [-0.1, -0.05) is 26.0 Å². The highest BCUT2D eigenvalue weighted by Crippen LogP contribution is 2.70. The van der Waals surface area contributed by atoms with E-state index < -0.39 is 11.3 Å². The fraction of sp³-hybridized carbons (Fsp3) is 0.867. The Labute approximate surface area is 109 Å². The lowest BCUT2D eigenvalue weighted by atomic mass is 9.69. The summed E-state index contributed by atoms with van der Waals surface area (Å²) in [4.78, 5) is 2.34. The first kappa shape index (κ1) is 12.6. The molecule has 2 aliphatic heterocycles. The van der Waals surface area contributed by atoms with Crippen LogP contribution in [0.25, 0.3) is 0 Å². The van der Waals surface area contributed by atoms with E-state index in [0.717, 1.165) is 37.8 Å². The van der Waals surface area contributed by atoms with Crippen molar-refractivity contribution in [2.75, 3.05) is 6.54 Å². The SMILES string of the molecule is C=C1C[C@@]2(C(O)(O)C(C)C)N(CCC23CC3)C1C. The van der Waals surface area contributed by atoms with E-state index in [4.69, 9.17) is 0 Å². The van der Waals surface area contributed by atoms with Crippen LogP contribution in [0, 0.1) is 11.3 Å². The topological polar surface area (TPSA) is 43.7 Å². The zero-order valence-corrected chi connectivity index (χ0v) is 11.7. The maximum Gasteiger partial charge on any atom is 0.184 e. The molecule has 0 amide bonds. The summed E-state index contributed by atoms with van der Waals surface area (Å²) in [6.45, 7) is 11.1. The number of hydrogen-bond donors (Lipinski definition) is 2. The van der Waals surface area contributed by atoms with Crippen molar-refractivity contribution in [2.45, 2.75) is 63.8 Å². The second-order valence-corrected chi connectivity index (χ2v) is 6.98. The molecule has 1 saturated carbocycles. The standard InChI is InChI=1S/C15H25NO2/c1-10(2)15(17,18)14-9-11(3)12(4)16(14)8-7-13(14)5-6-13/h10,12,17-18H,3,5-9H2,1-2,4H3/t12?,14-/m1/s1. The van der Waals surface area contributed by atoms with Crippen molar-refractivity contribution >= 4 is 0 Å². The average Bonchev–Trinajstić information content (AvgIpc) is 2.93. The number of nitrogens with zero attached hydrogens (tertiary/aromatic N) is 1. The Bertz CT molecular complexity index is 397. The lowest BCUT2D eigenvalue weighted by Crippen LogP contribution is -2.66. The van der Waals surface area contributed by atoms with Crippen LogP contribution < -0.4 is 0 Å². The number of aliphatic hydroxyl groups is 2. The molecular weight excluding hydrogens is 226 g/mol. The van der Waals surface area contributed by atoms with E-state index in [0.29, 0.717) is 0 Å². The van der Waals surface area contributed by atoms with Crippen LogP contribution in [0.3, 0.4) is 0 Å². The molecule has 1 aliphatic carbocycles. The van der Waals surface area contributed by atoms with Gasteiger partial charge >= 0.3 is 0 Å². The van der Waals surface area contributed by atoms with Gasteiger partial charge in [-0.15, -0.1) is 0 Å². The predicted octanol–water partition coefficient (Wildman–Crippen LogP) is 1.90. The first-order valence-corrected chi connectivity index (χ1v) is 7.18. The molecule has 3 aliphatic rings. The molecule has 3 fully saturated rings. The van der Waals surface area contributed by atoms with Gasteiger partial charge in [-0.3, -0.25) is 4.90 Å². The predicted molar refractivity (Wildman–Crippen MR) is 70.9 cm³/mol. The van der Waals surface area contributed by atoms with Gasteiger partial charge in [0.25, 0.3) is 0 Å². The van der Waals surface area contributed by atoms with Crippen molar-refractivity contribution in [2.24, 2.45) is 11.3 Å². The van der Waals surface area contributed by atoms with Crippen molar-refractivity contribution in [1.29, 1.82) is 0 Å². The van der Waals surface area contributed by atoms with E-state index in [1.165, 1.54) is 0 Å². The molecule has 2 atom stereocenters. The summed E-state index contributed by atoms with van der Waals surface area (Å²) in [6.07, 6.45) is 4.14. The quantitative estimate of drug-likeness (QED) is 0.582. The van der Waals surface area contributed by atoms with Crippen LogP contribution in [0.2, 0.25) is 0 Å². The van der Waals surface area contributed by atoms with Crippen LogP contribution in [0.15, 0.2) is 12.2 Å². The zero-order valence-electron chi connectivity index (χ0n) is 11.7. The monoisotopic (exact) mass is 251 g/mol. The lowest BCUT2D eigenvalue weighted by Gasteiger charge is -2.49. The van der Waals surface area contributed by atoms with E-state index >= 15 is 0 Å². The molecule has 0 aromatic carbocycles. The van der Waals surface area contributed by atoms with Crippen molar-refractivity contribution in [1.82, 2.24) is 4.90 Å². The molecule has 3 nitrogen and oxygen atoms in total. The average molecular weight is 251 g/mol. The van der Waals surface area contributed by atoms with Gasteiger partial charge in [0.2, 0.25) is 0 Å². The minimum atomic E-state index is -1.62. The maximum atomic E-state index is 10.8. The fourth-order valence-corrected chi connectivity index (χ4v) is 4.57. The third-order valence-electron chi connectivity index (χ3n) is 6.01. The second-order valence-electron chi connectivity index (χ2n) is 6.98. The Morgan fingerprint density at radius 2 is 1.94 bits per heavy atom. The highest BCUT2D eigenvalue weighted by Gasteiger charge is 2.76. The molecule has 2 heterocycles. The van der Waals surface area contributed by atoms with Gasteiger partial charge in [-0.05, 0) is 38.0 Å². The Morgan fingerprint density at radius 1 is 1.33 bits per heavy atom. The molecule has 1 unspecified atom stereocenters. The summed E-state index contributed by atoms with van der Waals surface area (Å²) in [6, 6.07) is 0.280. The molecule has 0 radical (unpaired) electrons. The number of hydrogen-bond acceptors (Lipinski definition) is 3. The van der Waals surface area contributed by atoms with E-state index in [2.05, 4.69) is 18.4 Å². The third kappa shape index (κ3) is 1.16. The fourth-order valence-electron chi connectivity index (χ4n) is 4.57. The van der Waals surface area contributed by atoms with Crippen molar-refractivity contribution in [3.05, 3.63) is 12.2 Å². The molecule has 102 valence electrons. The summed E-state index contributed by atoms with van der Waals surface area (Å²) in [5.74, 6) is -1.78. The van der Waals surface area contributed by atoms with Gasteiger partial charge in [0.15, 0.2) is 5.79 Å². The van der Waals surface area contributed by atoms with Crippen LogP contribution in [0.4, 0.5) is 0 Å². The van der Waals surface area contributed by atoms with Crippen LogP contribution in [0.5, 0.6) is 0 Å². The lowest BCUT2D eigenvalue weighted by molar-refractivity contribution is -0.276. The highest BCUT2D eigenvalue weighted by atomic mass is 16.5. The minimum absolute atomic E-state index is 0.133. The first-order chi connectivity index (χ1) is 8.28. The van der Waals surface area contributed by atoms with E-state index in [9.17, 15) is 10.2 Å². The van der Waals surface area contributed by atoms with Gasteiger partial charge < -0.3 is 10.2 Å². The minimum Gasteiger partial charge on any atom is -0.364 e. The normalized spacial score (nSPS) is 38.8. The van der Waals surface area contributed by atoms with E-state index in [-0.39, 0.29) is 17.4 Å². The second kappa shape index (κ2) is 3.38. The number of rotatable bonds is 2. The van der Waals surface area contributed by atoms with E-state index in [1.54, 1.807) is 0 Å². The van der Waals surface area contributed by atoms with Crippen molar-refractivity contribution in [3.63, 3.8) is 0 Å². The van der Waals surface area contributed by atoms with Crippen molar-refractivity contribution in [3.8, 4) is 0 Å². The Hall–Kier alpha value is -0.380. The summed E-state index contributed by atoms with van der Waals surface area (Å²) in [7, 11) is 0. The molecule has 2 saturated heterocycles. The first-order valence-electron chi connectivity index (χ1n) is 7.18.